The molecule has 0 aliphatic heterocycles. The lowest BCUT2D eigenvalue weighted by atomic mass is 9.94. The van der Waals surface area contributed by atoms with Crippen molar-refractivity contribution in [2.45, 2.75) is 71.7 Å². The molecule has 2 unspecified atom stereocenters. The van der Waals surface area contributed by atoms with Gasteiger partial charge in [-0.1, -0.05) is 218 Å². The molecule has 14 nitrogen and oxygen atoms in total. The van der Waals surface area contributed by atoms with E-state index in [-0.39, 0.29) is 138 Å². The summed E-state index contributed by atoms with van der Waals surface area (Å²) < 4.78 is 103. The molecule has 12 aromatic rings. The van der Waals surface area contributed by atoms with Gasteiger partial charge in [-0.15, -0.1) is 0 Å². The van der Waals surface area contributed by atoms with Crippen molar-refractivity contribution < 1.29 is 75.6 Å². The molecule has 0 radical (unpaired) electrons. The summed E-state index contributed by atoms with van der Waals surface area (Å²) in [6.07, 6.45) is -3.71. The molecule has 0 fully saturated rings. The van der Waals surface area contributed by atoms with E-state index in [4.69, 9.17) is 52.1 Å². The third kappa shape index (κ3) is 19.5. The number of Topliss-reactive ketones (excluding diaryl/α,β-unsaturated/α-hetero) is 1. The van der Waals surface area contributed by atoms with Crippen LogP contribution in [-0.2, 0) is 68.9 Å². The van der Waals surface area contributed by atoms with Crippen LogP contribution in [0, 0.1) is 11.6 Å². The molecule has 12 rings (SSSR count). The Morgan fingerprint density at radius 3 is 0.961 bits per heavy atom. The average Bonchev–Trinajstić information content (AvgIpc) is 0.766. The monoisotopic (exact) mass is 1440 g/mol. The van der Waals surface area contributed by atoms with E-state index in [2.05, 4.69) is 15.9 Å². The summed E-state index contributed by atoms with van der Waals surface area (Å²) in [5.41, 5.74) is 6.44. The molecule has 2 atom stereocenters. The number of ketones is 1. The van der Waals surface area contributed by atoms with Crippen LogP contribution in [0.3, 0.4) is 0 Å². The van der Waals surface area contributed by atoms with Crippen LogP contribution in [0.2, 0.25) is 0 Å². The van der Waals surface area contributed by atoms with Crippen LogP contribution in [0.4, 0.5) is 8.78 Å². The minimum absolute atomic E-state index is 0.000391. The van der Waals surface area contributed by atoms with E-state index in [1.54, 1.807) is 42.5 Å². The van der Waals surface area contributed by atoms with Crippen molar-refractivity contribution in [2.24, 2.45) is 0 Å². The fraction of sp³-hybridized carbons (Fsp3) is 0.140. The standard InChI is InChI=1S/C86H71BrF2O14/c1-93-84(78-72(94-53-64-32-38-69(88)39-33-64)48-73(95-54-65-34-40-70(89)41-35-65)79(87)83(78)102-57-66-36-42-71(90)43-37-66)85(80(91)67-44-74(96-49-58-20-8-2-9-21-58)81(100-55-62-28-16-6-17-29-62)75(45-67)97-50-59-22-10-3-11-23-59)103-86(92)68-46-76(98-51-60-24-12-4-13-25-60)82(101-56-63-30-18-7-19-31-63)77(47-68)99-52-61-26-14-5-15-27-61/h2-48,84-85,90H,49-57H2,1H3. The van der Waals surface area contributed by atoms with E-state index < -0.39 is 35.6 Å². The summed E-state index contributed by atoms with van der Waals surface area (Å²) in [6, 6.07) is 82.3. The Balaban J connectivity index is 1.05. The van der Waals surface area contributed by atoms with Gasteiger partial charge in [-0.2, -0.15) is 0 Å². The molecule has 0 aliphatic rings. The second-order valence-corrected chi connectivity index (χ2v) is 24.6. The highest BCUT2D eigenvalue weighted by Gasteiger charge is 2.41. The molecular formula is C86H71BrF2O14. The first kappa shape index (κ1) is 70.9. The molecule has 17 heteroatoms. The number of hydrogen-bond donors (Lipinski definition) is 1. The van der Waals surface area contributed by atoms with Gasteiger partial charge >= 0.3 is 5.97 Å². The Kier molecular flexibility index (Phi) is 24.4. The SMILES string of the molecule is COC(c1c(OCc2ccc(F)cc2)cc(OCc2ccc(F)cc2)c(Br)c1OCc1ccc(O)cc1)C(OC(=O)c1cc(OCc2ccccc2)c(OCc2ccccc2)c(OCc2ccccc2)c1)C(=O)c1cc(OCc2ccccc2)c(OCc2ccccc2)c(OCc2ccccc2)c1. The van der Waals surface area contributed by atoms with Gasteiger partial charge in [0.25, 0.3) is 0 Å². The lowest BCUT2D eigenvalue weighted by Gasteiger charge is -2.30. The number of phenolic OH excluding ortho intramolecular Hbond substituents is 1. The maximum atomic E-state index is 16.9. The van der Waals surface area contributed by atoms with E-state index in [0.29, 0.717) is 16.7 Å². The Morgan fingerprint density at radius 2 is 0.621 bits per heavy atom. The Morgan fingerprint density at radius 1 is 0.340 bits per heavy atom. The first-order valence-corrected chi connectivity index (χ1v) is 33.9. The first-order chi connectivity index (χ1) is 50.5. The zero-order valence-electron chi connectivity index (χ0n) is 56.0. The van der Waals surface area contributed by atoms with Gasteiger partial charge < -0.3 is 57.2 Å². The van der Waals surface area contributed by atoms with Crippen molar-refractivity contribution in [3.05, 3.63) is 368 Å². The topological polar surface area (TPSA) is 156 Å². The van der Waals surface area contributed by atoms with Gasteiger partial charge in [0.05, 0.1) is 11.1 Å². The number of methoxy groups -OCH3 is 1. The minimum Gasteiger partial charge on any atom is -0.508 e. The second-order valence-electron chi connectivity index (χ2n) is 23.8. The van der Waals surface area contributed by atoms with E-state index in [0.717, 1.165) is 33.4 Å². The number of aromatic hydroxyl groups is 1. The molecule has 0 spiro atoms. The van der Waals surface area contributed by atoms with E-state index in [9.17, 15) is 13.9 Å². The summed E-state index contributed by atoms with van der Waals surface area (Å²) >= 11 is 3.82. The number of benzene rings is 12. The normalized spacial score (nSPS) is 11.5. The highest BCUT2D eigenvalue weighted by Crippen LogP contribution is 2.50. The zero-order chi connectivity index (χ0) is 71.1. The van der Waals surface area contributed by atoms with Gasteiger partial charge in [0, 0.05) is 18.7 Å². The Labute approximate surface area is 604 Å². The summed E-state index contributed by atoms with van der Waals surface area (Å²) in [5.74, 6) is -1.87. The maximum Gasteiger partial charge on any atom is 0.339 e. The van der Waals surface area contributed by atoms with Crippen molar-refractivity contribution in [3.63, 3.8) is 0 Å². The number of rotatable bonds is 34. The van der Waals surface area contributed by atoms with Gasteiger partial charge in [0.1, 0.15) is 105 Å². The van der Waals surface area contributed by atoms with Crippen LogP contribution >= 0.6 is 15.9 Å². The lowest BCUT2D eigenvalue weighted by molar-refractivity contribution is -0.0288. The lowest BCUT2D eigenvalue weighted by Crippen LogP contribution is -2.35. The van der Waals surface area contributed by atoms with Gasteiger partial charge in [0.15, 0.2) is 29.1 Å². The number of halogens is 3. The van der Waals surface area contributed by atoms with Gasteiger partial charge in [-0.05, 0) is 127 Å². The number of ether oxygens (including phenoxy) is 11. The highest BCUT2D eigenvalue weighted by molar-refractivity contribution is 9.10. The predicted octanol–water partition coefficient (Wildman–Crippen LogP) is 19.4. The summed E-state index contributed by atoms with van der Waals surface area (Å²) in [5, 5.41) is 10.4. The predicted molar refractivity (Wildman–Crippen MR) is 389 cm³/mol. The number of esters is 1. The van der Waals surface area contributed by atoms with E-state index >= 15 is 9.59 Å². The maximum absolute atomic E-state index is 16.9. The van der Waals surface area contributed by atoms with Crippen LogP contribution in [0.1, 0.15) is 82.5 Å². The molecule has 12 aromatic carbocycles. The largest absolute Gasteiger partial charge is 0.508 e. The van der Waals surface area contributed by atoms with Gasteiger partial charge in [-0.25, -0.2) is 13.6 Å². The molecule has 0 saturated heterocycles. The zero-order valence-corrected chi connectivity index (χ0v) is 57.6. The van der Waals surface area contributed by atoms with Gasteiger partial charge in [-0.3, -0.25) is 4.79 Å². The summed E-state index contributed by atoms with van der Waals surface area (Å²) in [4.78, 5) is 33.0. The fourth-order valence-corrected chi connectivity index (χ4v) is 11.5. The fourth-order valence-electron chi connectivity index (χ4n) is 11.0. The summed E-state index contributed by atoms with van der Waals surface area (Å²) in [6.45, 7) is -0.165. The Bertz CT molecular complexity index is 4590. The molecule has 0 amide bonds. The molecule has 103 heavy (non-hydrogen) atoms. The van der Waals surface area contributed by atoms with Crippen LogP contribution < -0.4 is 42.6 Å². The molecule has 0 saturated carbocycles. The molecule has 0 aliphatic carbocycles. The van der Waals surface area contributed by atoms with Gasteiger partial charge in [0.2, 0.25) is 17.3 Å². The number of hydrogen-bond acceptors (Lipinski definition) is 14. The molecule has 520 valence electrons. The van der Waals surface area contributed by atoms with Crippen LogP contribution in [0.15, 0.2) is 290 Å². The highest BCUT2D eigenvalue weighted by atomic mass is 79.9. The van der Waals surface area contributed by atoms with E-state index in [1.807, 2.05) is 182 Å². The third-order valence-electron chi connectivity index (χ3n) is 16.4. The van der Waals surface area contributed by atoms with Crippen molar-refractivity contribution in [2.75, 3.05) is 7.11 Å². The quantitative estimate of drug-likeness (QED) is 0.0300. The molecule has 0 aromatic heterocycles. The first-order valence-electron chi connectivity index (χ1n) is 33.1. The van der Waals surface area contributed by atoms with Crippen molar-refractivity contribution in [1.29, 1.82) is 0 Å². The molecule has 0 bridgehead atoms. The Hall–Kier alpha value is -11.9. The number of carbonyl (C=O) groups is 2. The number of phenols is 1. The van der Waals surface area contributed by atoms with E-state index in [1.165, 1.54) is 67.8 Å². The minimum atomic E-state index is -2.02. The van der Waals surface area contributed by atoms with Crippen molar-refractivity contribution in [3.8, 4) is 57.5 Å². The molecule has 1 N–H and O–H groups in total. The van der Waals surface area contributed by atoms with Crippen LogP contribution in [0.5, 0.6) is 57.5 Å². The smallest absolute Gasteiger partial charge is 0.339 e. The molecule has 0 heterocycles. The van der Waals surface area contributed by atoms with Crippen molar-refractivity contribution >= 4 is 27.7 Å². The third-order valence-corrected chi connectivity index (χ3v) is 17.1. The van der Waals surface area contributed by atoms with Crippen molar-refractivity contribution in [1.82, 2.24) is 0 Å². The summed E-state index contributed by atoms with van der Waals surface area (Å²) in [7, 11) is 1.34. The average molecular weight is 1450 g/mol. The molecular weight excluding hydrogens is 1370 g/mol. The van der Waals surface area contributed by atoms with Crippen LogP contribution in [0.25, 0.3) is 0 Å². The number of carbonyl (C=O) groups excluding carboxylic acids is 2. The second kappa shape index (κ2) is 35.4. The van der Waals surface area contributed by atoms with Crippen LogP contribution in [-0.4, -0.2) is 30.1 Å².